The van der Waals surface area contributed by atoms with Crippen molar-refractivity contribution in [3.63, 3.8) is 0 Å². The SMILES string of the molecule is COc1cc(OC)cc(C(=O)N2CC(C)CC(N)C2)c1. The topological polar surface area (TPSA) is 64.8 Å². The van der Waals surface area contributed by atoms with Crippen LogP contribution in [-0.4, -0.2) is 44.2 Å². The van der Waals surface area contributed by atoms with Crippen LogP contribution < -0.4 is 15.2 Å². The summed E-state index contributed by atoms with van der Waals surface area (Å²) in [6.07, 6.45) is 0.964. The molecule has 2 N–H and O–H groups in total. The van der Waals surface area contributed by atoms with Gasteiger partial charge >= 0.3 is 0 Å². The predicted octanol–water partition coefficient (Wildman–Crippen LogP) is 1.51. The van der Waals surface area contributed by atoms with Crippen molar-refractivity contribution in [2.24, 2.45) is 11.7 Å². The Morgan fingerprint density at radius 3 is 2.30 bits per heavy atom. The van der Waals surface area contributed by atoms with Crippen LogP contribution in [0.2, 0.25) is 0 Å². The van der Waals surface area contributed by atoms with E-state index in [1.807, 2.05) is 4.90 Å². The van der Waals surface area contributed by atoms with Gasteiger partial charge < -0.3 is 20.1 Å². The Morgan fingerprint density at radius 2 is 1.80 bits per heavy atom. The van der Waals surface area contributed by atoms with Gasteiger partial charge in [-0.3, -0.25) is 4.79 Å². The molecule has 110 valence electrons. The van der Waals surface area contributed by atoms with Crippen LogP contribution >= 0.6 is 0 Å². The van der Waals surface area contributed by atoms with E-state index in [1.165, 1.54) is 0 Å². The summed E-state index contributed by atoms with van der Waals surface area (Å²) in [6.45, 7) is 3.46. The smallest absolute Gasteiger partial charge is 0.254 e. The molecule has 2 atom stereocenters. The molecule has 5 heteroatoms. The highest BCUT2D eigenvalue weighted by Crippen LogP contribution is 2.25. The molecule has 2 unspecified atom stereocenters. The minimum absolute atomic E-state index is 0.0239. The second-order valence-electron chi connectivity index (χ2n) is 5.41. The van der Waals surface area contributed by atoms with Gasteiger partial charge in [0.2, 0.25) is 0 Å². The fraction of sp³-hybridized carbons (Fsp3) is 0.533. The zero-order valence-electron chi connectivity index (χ0n) is 12.3. The molecule has 1 saturated heterocycles. The highest BCUT2D eigenvalue weighted by molar-refractivity contribution is 5.95. The van der Waals surface area contributed by atoms with Crippen LogP contribution in [0.25, 0.3) is 0 Å². The lowest BCUT2D eigenvalue weighted by Gasteiger charge is -2.34. The summed E-state index contributed by atoms with van der Waals surface area (Å²) in [5.74, 6) is 1.63. The van der Waals surface area contributed by atoms with Crippen LogP contribution in [0.4, 0.5) is 0 Å². The maximum atomic E-state index is 12.6. The highest BCUT2D eigenvalue weighted by Gasteiger charge is 2.26. The van der Waals surface area contributed by atoms with Crippen LogP contribution in [0, 0.1) is 5.92 Å². The third-order valence-electron chi connectivity index (χ3n) is 3.58. The van der Waals surface area contributed by atoms with Gasteiger partial charge in [-0.15, -0.1) is 0 Å². The van der Waals surface area contributed by atoms with E-state index in [4.69, 9.17) is 15.2 Å². The van der Waals surface area contributed by atoms with Crippen molar-refractivity contribution in [1.82, 2.24) is 4.90 Å². The second kappa shape index (κ2) is 6.13. The molecule has 1 fully saturated rings. The number of methoxy groups -OCH3 is 2. The van der Waals surface area contributed by atoms with Gasteiger partial charge in [-0.25, -0.2) is 0 Å². The van der Waals surface area contributed by atoms with Crippen molar-refractivity contribution in [3.05, 3.63) is 23.8 Å². The number of hydrogen-bond acceptors (Lipinski definition) is 4. The zero-order chi connectivity index (χ0) is 14.7. The zero-order valence-corrected chi connectivity index (χ0v) is 12.3. The third-order valence-corrected chi connectivity index (χ3v) is 3.58. The molecule has 1 amide bonds. The Hall–Kier alpha value is -1.75. The Labute approximate surface area is 119 Å². The molecule has 1 aliphatic rings. The number of likely N-dealkylation sites (tertiary alicyclic amines) is 1. The van der Waals surface area contributed by atoms with Gasteiger partial charge in [-0.05, 0) is 24.5 Å². The molecule has 0 spiro atoms. The number of benzene rings is 1. The van der Waals surface area contributed by atoms with E-state index in [1.54, 1.807) is 32.4 Å². The van der Waals surface area contributed by atoms with E-state index < -0.39 is 0 Å². The number of nitrogens with zero attached hydrogens (tertiary/aromatic N) is 1. The molecule has 2 rings (SSSR count). The van der Waals surface area contributed by atoms with Crippen LogP contribution in [0.1, 0.15) is 23.7 Å². The molecule has 1 heterocycles. The van der Waals surface area contributed by atoms with Crippen LogP contribution in [0.15, 0.2) is 18.2 Å². The minimum Gasteiger partial charge on any atom is -0.497 e. The molecular formula is C15H22N2O3. The van der Waals surface area contributed by atoms with Crippen molar-refractivity contribution < 1.29 is 14.3 Å². The average Bonchev–Trinajstić information content (AvgIpc) is 2.44. The molecule has 0 bridgehead atoms. The maximum absolute atomic E-state index is 12.6. The molecule has 0 aromatic heterocycles. The van der Waals surface area contributed by atoms with Crippen LogP contribution in [0.3, 0.4) is 0 Å². The molecule has 1 aromatic rings. The summed E-state index contributed by atoms with van der Waals surface area (Å²) in [6, 6.07) is 5.27. The number of carbonyl (C=O) groups is 1. The molecule has 0 radical (unpaired) electrons. The molecule has 0 saturated carbocycles. The monoisotopic (exact) mass is 278 g/mol. The maximum Gasteiger partial charge on any atom is 0.254 e. The highest BCUT2D eigenvalue weighted by atomic mass is 16.5. The van der Waals surface area contributed by atoms with Gasteiger partial charge in [0.05, 0.1) is 14.2 Å². The van der Waals surface area contributed by atoms with E-state index in [0.29, 0.717) is 29.5 Å². The van der Waals surface area contributed by atoms with E-state index in [2.05, 4.69) is 6.92 Å². The lowest BCUT2D eigenvalue weighted by atomic mass is 9.96. The Balaban J connectivity index is 2.23. The minimum atomic E-state index is -0.0239. The number of piperidine rings is 1. The van der Waals surface area contributed by atoms with Crippen molar-refractivity contribution in [2.75, 3.05) is 27.3 Å². The second-order valence-corrected chi connectivity index (χ2v) is 5.41. The van der Waals surface area contributed by atoms with Crippen molar-refractivity contribution >= 4 is 5.91 Å². The molecule has 0 aliphatic carbocycles. The van der Waals surface area contributed by atoms with Gasteiger partial charge in [0.1, 0.15) is 11.5 Å². The van der Waals surface area contributed by atoms with E-state index >= 15 is 0 Å². The average molecular weight is 278 g/mol. The number of nitrogens with two attached hydrogens (primary N) is 1. The fourth-order valence-electron chi connectivity index (χ4n) is 2.68. The number of rotatable bonds is 3. The Morgan fingerprint density at radius 1 is 1.20 bits per heavy atom. The summed E-state index contributed by atoms with van der Waals surface area (Å²) in [4.78, 5) is 14.4. The molecule has 1 aromatic carbocycles. The van der Waals surface area contributed by atoms with Crippen LogP contribution in [-0.2, 0) is 0 Å². The lowest BCUT2D eigenvalue weighted by molar-refractivity contribution is 0.0660. The molecule has 5 nitrogen and oxygen atoms in total. The van der Waals surface area contributed by atoms with Gasteiger partial charge in [0.25, 0.3) is 5.91 Å². The van der Waals surface area contributed by atoms with Gasteiger partial charge in [0.15, 0.2) is 0 Å². The lowest BCUT2D eigenvalue weighted by Crippen LogP contribution is -2.48. The first-order valence-corrected chi connectivity index (χ1v) is 6.81. The van der Waals surface area contributed by atoms with E-state index in [-0.39, 0.29) is 11.9 Å². The van der Waals surface area contributed by atoms with Crippen molar-refractivity contribution in [3.8, 4) is 11.5 Å². The Bertz CT molecular complexity index is 458. The first kappa shape index (κ1) is 14.7. The number of ether oxygens (including phenoxy) is 2. The number of carbonyl (C=O) groups excluding carboxylic acids is 1. The summed E-state index contributed by atoms with van der Waals surface area (Å²) in [5.41, 5.74) is 6.57. The summed E-state index contributed by atoms with van der Waals surface area (Å²) >= 11 is 0. The summed E-state index contributed by atoms with van der Waals surface area (Å²) in [5, 5.41) is 0. The number of hydrogen-bond donors (Lipinski definition) is 1. The van der Waals surface area contributed by atoms with Gasteiger partial charge in [0, 0.05) is 30.8 Å². The Kier molecular flexibility index (Phi) is 4.49. The number of amides is 1. The largest absolute Gasteiger partial charge is 0.497 e. The summed E-state index contributed by atoms with van der Waals surface area (Å²) < 4.78 is 10.4. The van der Waals surface area contributed by atoms with E-state index in [0.717, 1.165) is 13.0 Å². The van der Waals surface area contributed by atoms with E-state index in [9.17, 15) is 4.79 Å². The van der Waals surface area contributed by atoms with Crippen molar-refractivity contribution in [2.45, 2.75) is 19.4 Å². The molecule has 1 aliphatic heterocycles. The molecular weight excluding hydrogens is 256 g/mol. The molecule has 20 heavy (non-hydrogen) atoms. The van der Waals surface area contributed by atoms with Crippen molar-refractivity contribution in [1.29, 1.82) is 0 Å². The first-order chi connectivity index (χ1) is 9.53. The van der Waals surface area contributed by atoms with Gasteiger partial charge in [-0.1, -0.05) is 6.92 Å². The van der Waals surface area contributed by atoms with Gasteiger partial charge in [-0.2, -0.15) is 0 Å². The summed E-state index contributed by atoms with van der Waals surface area (Å²) in [7, 11) is 3.14. The van der Waals surface area contributed by atoms with Crippen LogP contribution in [0.5, 0.6) is 11.5 Å². The first-order valence-electron chi connectivity index (χ1n) is 6.81. The normalized spacial score (nSPS) is 22.5. The predicted molar refractivity (Wildman–Crippen MR) is 77.2 cm³/mol. The quantitative estimate of drug-likeness (QED) is 0.910. The standard InChI is InChI=1S/C15H22N2O3/c1-10-4-12(16)9-17(8-10)15(18)11-5-13(19-2)7-14(6-11)20-3/h5-7,10,12H,4,8-9,16H2,1-3H3. The third kappa shape index (κ3) is 3.22. The fourth-order valence-corrected chi connectivity index (χ4v) is 2.68.